The molecule has 0 aromatic carbocycles. The van der Waals surface area contributed by atoms with Crippen molar-refractivity contribution in [3.05, 3.63) is 10.1 Å². The lowest BCUT2D eigenvalue weighted by atomic mass is 10.1. The molecule has 0 bridgehead atoms. The van der Waals surface area contributed by atoms with Crippen LogP contribution in [0.5, 0.6) is 0 Å². The zero-order chi connectivity index (χ0) is 15.0. The molecule has 1 fully saturated rings. The first-order chi connectivity index (χ1) is 9.56. The number of carbonyl (C=O) groups is 1. The standard InChI is InChI=1S/C12H25N5O3.2ClH/c1-14-11(17(19)20)9-15-6-4-5-10(13)12(18)16-7-2-3-8-16;;/h10-11,14-15H,2-9,13H2,1H3;2*1H/t10-,11?;;/m0../s1. The molecule has 132 valence electrons. The van der Waals surface area contributed by atoms with Gasteiger partial charge in [0.15, 0.2) is 0 Å². The molecule has 0 aliphatic carbocycles. The van der Waals surface area contributed by atoms with Crippen molar-refractivity contribution in [3.8, 4) is 0 Å². The second-order valence-corrected chi connectivity index (χ2v) is 5.08. The van der Waals surface area contributed by atoms with E-state index in [1.165, 1.54) is 0 Å². The van der Waals surface area contributed by atoms with Crippen molar-refractivity contribution in [2.24, 2.45) is 5.73 Å². The van der Waals surface area contributed by atoms with Crippen LogP contribution >= 0.6 is 24.8 Å². The Morgan fingerprint density at radius 1 is 1.36 bits per heavy atom. The Kier molecular flexibility index (Phi) is 13.8. The van der Waals surface area contributed by atoms with Crippen LogP contribution in [-0.4, -0.2) is 61.2 Å². The van der Waals surface area contributed by atoms with E-state index in [4.69, 9.17) is 5.73 Å². The van der Waals surface area contributed by atoms with E-state index >= 15 is 0 Å². The molecule has 1 rings (SSSR count). The van der Waals surface area contributed by atoms with Crippen LogP contribution in [0.1, 0.15) is 25.7 Å². The van der Waals surface area contributed by atoms with Crippen molar-refractivity contribution in [3.63, 3.8) is 0 Å². The molecule has 1 aliphatic rings. The van der Waals surface area contributed by atoms with E-state index in [-0.39, 0.29) is 42.2 Å². The molecule has 10 heteroatoms. The normalized spacial score (nSPS) is 16.4. The molecule has 8 nitrogen and oxygen atoms in total. The number of likely N-dealkylation sites (N-methyl/N-ethyl adjacent to an activating group) is 1. The fourth-order valence-electron chi connectivity index (χ4n) is 2.26. The first kappa shape index (κ1) is 23.6. The Balaban J connectivity index is 0. The van der Waals surface area contributed by atoms with Crippen molar-refractivity contribution in [2.45, 2.75) is 37.9 Å². The van der Waals surface area contributed by atoms with Crippen molar-refractivity contribution in [1.82, 2.24) is 15.5 Å². The molecule has 22 heavy (non-hydrogen) atoms. The van der Waals surface area contributed by atoms with Gasteiger partial charge in [0.2, 0.25) is 5.91 Å². The molecule has 0 spiro atoms. The molecular formula is C12H27Cl2N5O3. The topological polar surface area (TPSA) is 114 Å². The predicted molar refractivity (Wildman–Crippen MR) is 90.2 cm³/mol. The quantitative estimate of drug-likeness (QED) is 0.230. The van der Waals surface area contributed by atoms with Gasteiger partial charge in [-0.25, -0.2) is 0 Å². The van der Waals surface area contributed by atoms with Crippen LogP contribution in [-0.2, 0) is 4.79 Å². The summed E-state index contributed by atoms with van der Waals surface area (Å²) in [4.78, 5) is 24.0. The van der Waals surface area contributed by atoms with E-state index < -0.39 is 12.2 Å². The molecule has 1 amide bonds. The molecule has 1 aliphatic heterocycles. The number of nitrogens with zero attached hydrogens (tertiary/aromatic N) is 2. The molecule has 2 atom stereocenters. The van der Waals surface area contributed by atoms with Crippen molar-refractivity contribution < 1.29 is 9.72 Å². The van der Waals surface area contributed by atoms with E-state index in [2.05, 4.69) is 10.6 Å². The number of nitrogens with one attached hydrogen (secondary N) is 2. The highest BCUT2D eigenvalue weighted by atomic mass is 35.5. The molecule has 0 saturated carbocycles. The monoisotopic (exact) mass is 359 g/mol. The fourth-order valence-corrected chi connectivity index (χ4v) is 2.26. The van der Waals surface area contributed by atoms with Gasteiger partial charge in [0.1, 0.15) is 0 Å². The summed E-state index contributed by atoms with van der Waals surface area (Å²) in [7, 11) is 1.56. The molecule has 0 radical (unpaired) electrons. The van der Waals surface area contributed by atoms with Crippen LogP contribution in [0.4, 0.5) is 0 Å². The summed E-state index contributed by atoms with van der Waals surface area (Å²) in [6, 6.07) is -0.453. The minimum absolute atomic E-state index is 0. The van der Waals surface area contributed by atoms with Gasteiger partial charge in [-0.2, -0.15) is 0 Å². The van der Waals surface area contributed by atoms with Crippen LogP contribution in [0, 0.1) is 10.1 Å². The Morgan fingerprint density at radius 2 is 1.95 bits per heavy atom. The van der Waals surface area contributed by atoms with E-state index in [0.29, 0.717) is 13.0 Å². The van der Waals surface area contributed by atoms with Crippen LogP contribution in [0.15, 0.2) is 0 Å². The molecule has 1 unspecified atom stereocenters. The lowest BCUT2D eigenvalue weighted by molar-refractivity contribution is -0.526. The van der Waals surface area contributed by atoms with Gasteiger partial charge in [-0.05, 0) is 39.3 Å². The largest absolute Gasteiger partial charge is 0.341 e. The van der Waals surface area contributed by atoms with Gasteiger partial charge in [0.25, 0.3) is 6.17 Å². The van der Waals surface area contributed by atoms with Crippen LogP contribution in [0.2, 0.25) is 0 Å². The second-order valence-electron chi connectivity index (χ2n) is 5.08. The van der Waals surface area contributed by atoms with Crippen molar-refractivity contribution in [1.29, 1.82) is 0 Å². The predicted octanol–water partition coefficient (Wildman–Crippen LogP) is -0.0283. The van der Waals surface area contributed by atoms with Gasteiger partial charge < -0.3 is 16.0 Å². The third kappa shape index (κ3) is 8.09. The summed E-state index contributed by atoms with van der Waals surface area (Å²) >= 11 is 0. The van der Waals surface area contributed by atoms with Gasteiger partial charge in [-0.15, -0.1) is 24.8 Å². The average molecular weight is 360 g/mol. The Hall–Kier alpha value is -0.670. The highest BCUT2D eigenvalue weighted by Crippen LogP contribution is 2.10. The fraction of sp³-hybridized carbons (Fsp3) is 0.917. The third-order valence-electron chi connectivity index (χ3n) is 3.53. The SMILES string of the molecule is CNC(CNCCC[C@H](N)C(=O)N1CCCC1)[N+](=O)[O-].Cl.Cl. The first-order valence-corrected chi connectivity index (χ1v) is 7.12. The zero-order valence-corrected chi connectivity index (χ0v) is 14.5. The summed E-state index contributed by atoms with van der Waals surface area (Å²) < 4.78 is 0. The minimum atomic E-state index is -0.782. The number of nitrogens with two attached hydrogens (primary N) is 1. The number of likely N-dealkylation sites (tertiary alicyclic amines) is 1. The zero-order valence-electron chi connectivity index (χ0n) is 12.8. The molecular weight excluding hydrogens is 333 g/mol. The average Bonchev–Trinajstić information content (AvgIpc) is 2.95. The first-order valence-electron chi connectivity index (χ1n) is 7.12. The highest BCUT2D eigenvalue weighted by molar-refractivity contribution is 5.85. The number of hydrogen-bond acceptors (Lipinski definition) is 6. The summed E-state index contributed by atoms with van der Waals surface area (Å²) in [5, 5.41) is 16.2. The molecule has 4 N–H and O–H groups in total. The van der Waals surface area contributed by atoms with E-state index in [0.717, 1.165) is 32.4 Å². The van der Waals surface area contributed by atoms with Gasteiger partial charge in [-0.3, -0.25) is 20.2 Å². The minimum Gasteiger partial charge on any atom is -0.341 e. The smallest absolute Gasteiger partial charge is 0.278 e. The number of amides is 1. The Labute approximate surface area is 143 Å². The lowest BCUT2D eigenvalue weighted by Gasteiger charge is -2.20. The Morgan fingerprint density at radius 3 is 2.45 bits per heavy atom. The number of carbonyl (C=O) groups excluding carboxylic acids is 1. The molecule has 1 heterocycles. The van der Waals surface area contributed by atoms with Crippen molar-refractivity contribution in [2.75, 3.05) is 33.2 Å². The summed E-state index contributed by atoms with van der Waals surface area (Å²) in [6.07, 6.45) is 2.67. The summed E-state index contributed by atoms with van der Waals surface area (Å²) in [5.41, 5.74) is 5.87. The van der Waals surface area contributed by atoms with Gasteiger partial charge in [0, 0.05) is 18.0 Å². The van der Waals surface area contributed by atoms with E-state index in [1.807, 2.05) is 4.90 Å². The highest BCUT2D eigenvalue weighted by Gasteiger charge is 2.23. The van der Waals surface area contributed by atoms with E-state index in [1.54, 1.807) is 7.05 Å². The van der Waals surface area contributed by atoms with Crippen LogP contribution in [0.25, 0.3) is 0 Å². The molecule has 1 saturated heterocycles. The van der Waals surface area contributed by atoms with Gasteiger partial charge in [0.05, 0.1) is 12.6 Å². The number of nitro groups is 1. The number of hydrogen-bond donors (Lipinski definition) is 3. The second kappa shape index (κ2) is 12.8. The summed E-state index contributed by atoms with van der Waals surface area (Å²) in [6.45, 7) is 2.51. The maximum Gasteiger partial charge on any atom is 0.278 e. The summed E-state index contributed by atoms with van der Waals surface area (Å²) in [5.74, 6) is 0.0286. The van der Waals surface area contributed by atoms with E-state index in [9.17, 15) is 14.9 Å². The maximum absolute atomic E-state index is 11.9. The van der Waals surface area contributed by atoms with Gasteiger partial charge >= 0.3 is 0 Å². The molecule has 0 aromatic heterocycles. The number of rotatable bonds is 9. The van der Waals surface area contributed by atoms with Gasteiger partial charge in [-0.1, -0.05) is 0 Å². The molecule has 0 aromatic rings. The van der Waals surface area contributed by atoms with Crippen LogP contribution < -0.4 is 16.4 Å². The maximum atomic E-state index is 11.9. The van der Waals surface area contributed by atoms with Crippen molar-refractivity contribution >= 4 is 30.7 Å². The number of halogens is 2. The third-order valence-corrected chi connectivity index (χ3v) is 3.53. The van der Waals surface area contributed by atoms with Crippen LogP contribution in [0.3, 0.4) is 0 Å². The Bertz CT molecular complexity index is 330. The lowest BCUT2D eigenvalue weighted by Crippen LogP contribution is -2.44.